The van der Waals surface area contributed by atoms with Gasteiger partial charge in [0.15, 0.2) is 0 Å². The van der Waals surface area contributed by atoms with Crippen LogP contribution in [-0.4, -0.2) is 32.8 Å². The van der Waals surface area contributed by atoms with Crippen LogP contribution in [0.3, 0.4) is 0 Å². The molecule has 0 spiro atoms. The Kier molecular flexibility index (Phi) is 4.38. The van der Waals surface area contributed by atoms with Gasteiger partial charge < -0.3 is 0 Å². The second-order valence-corrected chi connectivity index (χ2v) is 6.53. The van der Waals surface area contributed by atoms with E-state index in [0.717, 1.165) is 31.0 Å². The summed E-state index contributed by atoms with van der Waals surface area (Å²) in [6.07, 6.45) is 4.04. The average Bonchev–Trinajstić information content (AvgIpc) is 3.27. The van der Waals surface area contributed by atoms with Gasteiger partial charge in [0.1, 0.15) is 12.2 Å². The first-order valence-corrected chi connectivity index (χ1v) is 8.59. The Balaban J connectivity index is 1.40. The Bertz CT molecular complexity index is 767. The smallest absolute Gasteiger partial charge is 0.137 e. The molecular formula is C20H22N4. The van der Waals surface area contributed by atoms with Crippen molar-refractivity contribution >= 4 is 0 Å². The lowest BCUT2D eigenvalue weighted by Crippen LogP contribution is -2.21. The molecule has 1 saturated heterocycles. The van der Waals surface area contributed by atoms with Crippen molar-refractivity contribution in [3.63, 3.8) is 0 Å². The van der Waals surface area contributed by atoms with Crippen LogP contribution >= 0.6 is 0 Å². The predicted octanol–water partition coefficient (Wildman–Crippen LogP) is 3.33. The molecule has 122 valence electrons. The molecule has 1 aliphatic heterocycles. The summed E-state index contributed by atoms with van der Waals surface area (Å²) >= 11 is 0. The van der Waals surface area contributed by atoms with Crippen LogP contribution in [0.2, 0.25) is 0 Å². The standard InChI is InChI=1S/C20H22N4/c1-3-7-17(8-4-1)14-23-12-11-18(15-23)13-20-22-21-16-24(20)19-9-5-2-6-10-19/h1-10,16,18H,11-15H2. The van der Waals surface area contributed by atoms with Gasteiger partial charge >= 0.3 is 0 Å². The zero-order valence-electron chi connectivity index (χ0n) is 13.8. The first-order valence-electron chi connectivity index (χ1n) is 8.59. The van der Waals surface area contributed by atoms with Crippen molar-refractivity contribution in [1.82, 2.24) is 19.7 Å². The lowest BCUT2D eigenvalue weighted by atomic mass is 10.0. The molecule has 0 amide bonds. The van der Waals surface area contributed by atoms with Crippen LogP contribution in [-0.2, 0) is 13.0 Å². The predicted molar refractivity (Wildman–Crippen MR) is 94.9 cm³/mol. The first-order chi connectivity index (χ1) is 11.9. The van der Waals surface area contributed by atoms with E-state index in [0.29, 0.717) is 5.92 Å². The Labute approximate surface area is 142 Å². The fourth-order valence-electron chi connectivity index (χ4n) is 3.53. The van der Waals surface area contributed by atoms with Crippen molar-refractivity contribution < 1.29 is 0 Å². The largest absolute Gasteiger partial charge is 0.299 e. The van der Waals surface area contributed by atoms with E-state index in [2.05, 4.69) is 74.3 Å². The van der Waals surface area contributed by atoms with Crippen molar-refractivity contribution in [2.24, 2.45) is 5.92 Å². The van der Waals surface area contributed by atoms with E-state index in [1.54, 1.807) is 0 Å². The summed E-state index contributed by atoms with van der Waals surface area (Å²) in [5.41, 5.74) is 2.53. The van der Waals surface area contributed by atoms with Gasteiger partial charge in [-0.3, -0.25) is 9.47 Å². The van der Waals surface area contributed by atoms with Gasteiger partial charge in [-0.1, -0.05) is 48.5 Å². The van der Waals surface area contributed by atoms with Crippen LogP contribution in [0.5, 0.6) is 0 Å². The van der Waals surface area contributed by atoms with Gasteiger partial charge in [0.25, 0.3) is 0 Å². The van der Waals surface area contributed by atoms with Gasteiger partial charge in [-0.25, -0.2) is 0 Å². The van der Waals surface area contributed by atoms with E-state index in [9.17, 15) is 0 Å². The highest BCUT2D eigenvalue weighted by molar-refractivity contribution is 5.32. The second-order valence-electron chi connectivity index (χ2n) is 6.53. The number of para-hydroxylation sites is 1. The number of rotatable bonds is 5. The summed E-state index contributed by atoms with van der Waals surface area (Å²) in [4.78, 5) is 2.54. The van der Waals surface area contributed by atoms with Gasteiger partial charge in [0.05, 0.1) is 0 Å². The molecule has 4 rings (SSSR count). The molecule has 2 aromatic carbocycles. The molecule has 4 heteroatoms. The number of benzene rings is 2. The molecule has 0 saturated carbocycles. The topological polar surface area (TPSA) is 34.0 Å². The van der Waals surface area contributed by atoms with Crippen molar-refractivity contribution in [2.45, 2.75) is 19.4 Å². The number of nitrogens with zero attached hydrogens (tertiary/aromatic N) is 4. The van der Waals surface area contributed by atoms with Crippen molar-refractivity contribution in [3.8, 4) is 5.69 Å². The van der Waals surface area contributed by atoms with Gasteiger partial charge in [0, 0.05) is 25.2 Å². The van der Waals surface area contributed by atoms with E-state index < -0.39 is 0 Å². The van der Waals surface area contributed by atoms with Crippen molar-refractivity contribution in [1.29, 1.82) is 0 Å². The maximum atomic E-state index is 4.36. The summed E-state index contributed by atoms with van der Waals surface area (Å²) in [5, 5.41) is 8.49. The quantitative estimate of drug-likeness (QED) is 0.723. The van der Waals surface area contributed by atoms with Crippen molar-refractivity contribution in [2.75, 3.05) is 13.1 Å². The van der Waals surface area contributed by atoms with E-state index >= 15 is 0 Å². The highest BCUT2D eigenvalue weighted by Gasteiger charge is 2.24. The molecule has 1 aliphatic rings. The maximum absolute atomic E-state index is 4.36. The van der Waals surface area contributed by atoms with Crippen LogP contribution in [0.1, 0.15) is 17.8 Å². The van der Waals surface area contributed by atoms with E-state index in [4.69, 9.17) is 0 Å². The lowest BCUT2D eigenvalue weighted by Gasteiger charge is -2.16. The highest BCUT2D eigenvalue weighted by Crippen LogP contribution is 2.22. The molecule has 2 heterocycles. The van der Waals surface area contributed by atoms with E-state index in [-0.39, 0.29) is 0 Å². The molecular weight excluding hydrogens is 296 g/mol. The molecule has 1 unspecified atom stereocenters. The zero-order valence-corrected chi connectivity index (χ0v) is 13.8. The van der Waals surface area contributed by atoms with Crippen LogP contribution < -0.4 is 0 Å². The molecule has 1 fully saturated rings. The molecule has 0 aliphatic carbocycles. The summed E-state index contributed by atoms with van der Waals surface area (Å²) < 4.78 is 2.11. The maximum Gasteiger partial charge on any atom is 0.137 e. The van der Waals surface area contributed by atoms with Gasteiger partial charge in [0.2, 0.25) is 0 Å². The second kappa shape index (κ2) is 6.97. The average molecular weight is 318 g/mol. The summed E-state index contributed by atoms with van der Waals surface area (Å²) in [6, 6.07) is 21.1. The minimum atomic E-state index is 0.653. The minimum Gasteiger partial charge on any atom is -0.299 e. The normalized spacial score (nSPS) is 18.1. The third kappa shape index (κ3) is 3.39. The van der Waals surface area contributed by atoms with Crippen LogP contribution in [0.4, 0.5) is 0 Å². The molecule has 0 N–H and O–H groups in total. The minimum absolute atomic E-state index is 0.653. The van der Waals surface area contributed by atoms with E-state index in [1.807, 2.05) is 12.4 Å². The van der Waals surface area contributed by atoms with Gasteiger partial charge in [-0.15, -0.1) is 10.2 Å². The van der Waals surface area contributed by atoms with Crippen LogP contribution in [0, 0.1) is 5.92 Å². The molecule has 4 nitrogen and oxygen atoms in total. The lowest BCUT2D eigenvalue weighted by molar-refractivity contribution is 0.315. The Morgan fingerprint density at radius 2 is 1.71 bits per heavy atom. The Morgan fingerprint density at radius 1 is 0.958 bits per heavy atom. The molecule has 1 atom stereocenters. The molecule has 0 radical (unpaired) electrons. The van der Waals surface area contributed by atoms with Gasteiger partial charge in [-0.2, -0.15) is 0 Å². The third-order valence-corrected chi connectivity index (χ3v) is 4.74. The highest BCUT2D eigenvalue weighted by atomic mass is 15.3. The first kappa shape index (κ1) is 15.1. The third-order valence-electron chi connectivity index (χ3n) is 4.74. The summed E-state index contributed by atoms with van der Waals surface area (Å²) in [5.74, 6) is 1.72. The molecule has 24 heavy (non-hydrogen) atoms. The summed E-state index contributed by atoms with van der Waals surface area (Å²) in [6.45, 7) is 3.35. The molecule has 1 aromatic heterocycles. The van der Waals surface area contributed by atoms with E-state index in [1.165, 1.54) is 18.5 Å². The Morgan fingerprint density at radius 3 is 2.50 bits per heavy atom. The van der Waals surface area contributed by atoms with Crippen molar-refractivity contribution in [3.05, 3.63) is 78.4 Å². The molecule has 0 bridgehead atoms. The fourth-order valence-corrected chi connectivity index (χ4v) is 3.53. The SMILES string of the molecule is c1ccc(CN2CCC(Cc3nncn3-c3ccccc3)C2)cc1. The fraction of sp³-hybridized carbons (Fsp3) is 0.300. The van der Waals surface area contributed by atoms with Crippen LogP contribution in [0.25, 0.3) is 5.69 Å². The molecule has 3 aromatic rings. The number of hydrogen-bond acceptors (Lipinski definition) is 3. The van der Waals surface area contributed by atoms with Crippen LogP contribution in [0.15, 0.2) is 67.0 Å². The summed E-state index contributed by atoms with van der Waals surface area (Å²) in [7, 11) is 0. The monoisotopic (exact) mass is 318 g/mol. The van der Waals surface area contributed by atoms with Gasteiger partial charge in [-0.05, 0) is 36.6 Å². The number of hydrogen-bond donors (Lipinski definition) is 0. The Hall–Kier alpha value is -2.46. The zero-order chi connectivity index (χ0) is 16.2. The number of likely N-dealkylation sites (tertiary alicyclic amines) is 1. The number of aromatic nitrogens is 3.